The van der Waals surface area contributed by atoms with E-state index in [0.29, 0.717) is 24.1 Å². The van der Waals surface area contributed by atoms with Crippen LogP contribution in [0.4, 0.5) is 5.13 Å². The molecule has 0 radical (unpaired) electrons. The quantitative estimate of drug-likeness (QED) is 0.514. The van der Waals surface area contributed by atoms with E-state index in [9.17, 15) is 9.59 Å². The summed E-state index contributed by atoms with van der Waals surface area (Å²) in [5.41, 5.74) is 1.85. The third-order valence-corrected chi connectivity index (χ3v) is 8.61. The second-order valence-corrected chi connectivity index (χ2v) is 11.0. The Labute approximate surface area is 211 Å². The molecule has 1 saturated carbocycles. The standard InChI is InChI=1S/C27H37N5O2S/c1-2-31-23-12-8-9-13-24(23)32(27(31)34)22-14-16-30(18-20-10-6-4-3-5-7-11-20)19-21(22)25(33)29-26-28-15-17-35-26/h8-9,12-13,15,17,20-22H,2-7,10-11,14,16,18-19H2,1H3,(H,28,29,33)/t21-,22-/m0/s1. The number of rotatable bonds is 6. The first-order chi connectivity index (χ1) is 17.2. The zero-order valence-electron chi connectivity index (χ0n) is 20.7. The highest BCUT2D eigenvalue weighted by atomic mass is 32.1. The maximum absolute atomic E-state index is 13.6. The Hall–Kier alpha value is -2.45. The fourth-order valence-electron chi connectivity index (χ4n) is 6.17. The Balaban J connectivity index is 1.43. The highest BCUT2D eigenvalue weighted by Gasteiger charge is 2.38. The number of benzene rings is 1. The predicted octanol–water partition coefficient (Wildman–Crippen LogP) is 5.14. The van der Waals surface area contributed by atoms with Crippen LogP contribution in [0.3, 0.4) is 0 Å². The Morgan fingerprint density at radius 3 is 2.54 bits per heavy atom. The van der Waals surface area contributed by atoms with Gasteiger partial charge in [-0.3, -0.25) is 13.9 Å². The summed E-state index contributed by atoms with van der Waals surface area (Å²) in [7, 11) is 0. The van der Waals surface area contributed by atoms with Gasteiger partial charge in [0.25, 0.3) is 0 Å². The molecule has 1 aliphatic heterocycles. The van der Waals surface area contributed by atoms with Crippen molar-refractivity contribution < 1.29 is 4.79 Å². The average Bonchev–Trinajstić information content (AvgIpc) is 3.45. The first-order valence-corrected chi connectivity index (χ1v) is 14.2. The van der Waals surface area contributed by atoms with Crippen LogP contribution in [0, 0.1) is 11.8 Å². The van der Waals surface area contributed by atoms with Crippen molar-refractivity contribution in [3.05, 3.63) is 46.3 Å². The van der Waals surface area contributed by atoms with E-state index in [1.807, 2.05) is 45.7 Å². The monoisotopic (exact) mass is 495 g/mol. The number of carbonyl (C=O) groups excluding carboxylic acids is 1. The van der Waals surface area contributed by atoms with Gasteiger partial charge in [0.2, 0.25) is 5.91 Å². The lowest BCUT2D eigenvalue weighted by Crippen LogP contribution is -2.49. The summed E-state index contributed by atoms with van der Waals surface area (Å²) >= 11 is 1.43. The number of amides is 1. The van der Waals surface area contributed by atoms with Crippen LogP contribution in [0.15, 0.2) is 40.6 Å². The highest BCUT2D eigenvalue weighted by Crippen LogP contribution is 2.33. The minimum Gasteiger partial charge on any atom is -0.302 e. The molecule has 1 aliphatic carbocycles. The Morgan fingerprint density at radius 1 is 1.09 bits per heavy atom. The predicted molar refractivity (Wildman–Crippen MR) is 142 cm³/mol. The number of anilines is 1. The Morgan fingerprint density at radius 2 is 1.83 bits per heavy atom. The molecule has 1 N–H and O–H groups in total. The SMILES string of the molecule is CCn1c(=O)n([C@H]2CCN(CC3CCCCCCC3)C[C@@H]2C(=O)Nc2nccs2)c2ccccc21. The number of aromatic nitrogens is 3. The molecule has 2 aliphatic rings. The molecule has 2 atom stereocenters. The van der Waals surface area contributed by atoms with Crippen molar-refractivity contribution in [2.24, 2.45) is 11.8 Å². The van der Waals surface area contributed by atoms with Gasteiger partial charge in [-0.2, -0.15) is 0 Å². The van der Waals surface area contributed by atoms with Gasteiger partial charge in [0.15, 0.2) is 5.13 Å². The van der Waals surface area contributed by atoms with Gasteiger partial charge in [0, 0.05) is 37.8 Å². The summed E-state index contributed by atoms with van der Waals surface area (Å²) in [6, 6.07) is 7.80. The fraction of sp³-hybridized carbons (Fsp3) is 0.593. The molecule has 1 saturated heterocycles. The third kappa shape index (κ3) is 5.23. The van der Waals surface area contributed by atoms with Gasteiger partial charge in [-0.15, -0.1) is 11.3 Å². The summed E-state index contributed by atoms with van der Waals surface area (Å²) in [5.74, 6) is 0.363. The van der Waals surface area contributed by atoms with Crippen molar-refractivity contribution in [3.63, 3.8) is 0 Å². The lowest BCUT2D eigenvalue weighted by atomic mass is 9.87. The summed E-state index contributed by atoms with van der Waals surface area (Å²) in [4.78, 5) is 33.9. The number of likely N-dealkylation sites (tertiary alicyclic amines) is 1. The number of thiazole rings is 1. The van der Waals surface area contributed by atoms with Crippen molar-refractivity contribution in [2.45, 2.75) is 70.9 Å². The van der Waals surface area contributed by atoms with E-state index < -0.39 is 0 Å². The van der Waals surface area contributed by atoms with Gasteiger partial charge in [-0.25, -0.2) is 9.78 Å². The van der Waals surface area contributed by atoms with Crippen LogP contribution in [0.1, 0.15) is 64.3 Å². The van der Waals surface area contributed by atoms with Gasteiger partial charge in [-0.05, 0) is 44.2 Å². The summed E-state index contributed by atoms with van der Waals surface area (Å²) in [6.07, 6.45) is 11.8. The molecule has 35 heavy (non-hydrogen) atoms. The minimum atomic E-state index is -0.310. The summed E-state index contributed by atoms with van der Waals surface area (Å²) in [6.45, 7) is 5.27. The molecule has 0 unspecified atom stereocenters. The second kappa shape index (κ2) is 11.1. The van der Waals surface area contributed by atoms with Gasteiger partial charge in [0.05, 0.1) is 23.0 Å². The number of nitrogens with one attached hydrogen (secondary N) is 1. The summed E-state index contributed by atoms with van der Waals surface area (Å²) < 4.78 is 3.73. The topological polar surface area (TPSA) is 72.2 Å². The molecule has 2 fully saturated rings. The number of imidazole rings is 1. The molecule has 0 bridgehead atoms. The van der Waals surface area contributed by atoms with Crippen molar-refractivity contribution in [3.8, 4) is 0 Å². The molecule has 2 aromatic heterocycles. The van der Waals surface area contributed by atoms with Gasteiger partial charge >= 0.3 is 5.69 Å². The zero-order chi connectivity index (χ0) is 24.2. The van der Waals surface area contributed by atoms with Gasteiger partial charge in [0.1, 0.15) is 0 Å². The number of hydrogen-bond donors (Lipinski definition) is 1. The number of fused-ring (bicyclic) bond motifs is 1. The molecule has 1 amide bonds. The maximum atomic E-state index is 13.6. The van der Waals surface area contributed by atoms with Crippen molar-refractivity contribution in [1.82, 2.24) is 19.0 Å². The Kier molecular flexibility index (Phi) is 7.68. The number of nitrogens with zero attached hydrogens (tertiary/aromatic N) is 4. The van der Waals surface area contributed by atoms with Crippen LogP contribution < -0.4 is 11.0 Å². The van der Waals surface area contributed by atoms with E-state index >= 15 is 0 Å². The molecule has 5 rings (SSSR count). The molecule has 0 spiro atoms. The second-order valence-electron chi connectivity index (χ2n) is 10.1. The highest BCUT2D eigenvalue weighted by molar-refractivity contribution is 7.13. The number of aryl methyl sites for hydroxylation is 1. The van der Waals surface area contributed by atoms with Gasteiger partial charge < -0.3 is 10.2 Å². The van der Waals surface area contributed by atoms with Crippen LogP contribution in [-0.2, 0) is 11.3 Å². The molecular weight excluding hydrogens is 458 g/mol. The lowest BCUT2D eigenvalue weighted by molar-refractivity contribution is -0.123. The first-order valence-electron chi connectivity index (χ1n) is 13.3. The fourth-order valence-corrected chi connectivity index (χ4v) is 6.70. The lowest BCUT2D eigenvalue weighted by Gasteiger charge is -2.39. The molecule has 8 heteroatoms. The Bertz CT molecular complexity index is 1180. The summed E-state index contributed by atoms with van der Waals surface area (Å²) in [5, 5.41) is 5.53. The van der Waals surface area contributed by atoms with Gasteiger partial charge in [-0.1, -0.05) is 44.2 Å². The zero-order valence-corrected chi connectivity index (χ0v) is 21.5. The third-order valence-electron chi connectivity index (χ3n) is 7.92. The van der Waals surface area contributed by atoms with E-state index in [4.69, 9.17) is 0 Å². The van der Waals surface area contributed by atoms with Crippen molar-refractivity contribution in [2.75, 3.05) is 25.0 Å². The van der Waals surface area contributed by atoms with E-state index in [2.05, 4.69) is 15.2 Å². The molecule has 7 nitrogen and oxygen atoms in total. The van der Waals surface area contributed by atoms with E-state index in [1.54, 1.807) is 6.20 Å². The smallest absolute Gasteiger partial charge is 0.302 e. The maximum Gasteiger partial charge on any atom is 0.329 e. The molecule has 188 valence electrons. The van der Waals surface area contributed by atoms with Crippen molar-refractivity contribution >= 4 is 33.4 Å². The van der Waals surface area contributed by atoms with E-state index in [0.717, 1.165) is 30.5 Å². The van der Waals surface area contributed by atoms with Crippen LogP contribution in [0.2, 0.25) is 0 Å². The van der Waals surface area contributed by atoms with Crippen molar-refractivity contribution in [1.29, 1.82) is 0 Å². The molecule has 3 heterocycles. The van der Waals surface area contributed by atoms with Crippen LogP contribution in [-0.4, -0.2) is 44.6 Å². The molecular formula is C27H37N5O2S. The molecule has 1 aromatic carbocycles. The molecule has 3 aromatic rings. The largest absolute Gasteiger partial charge is 0.329 e. The average molecular weight is 496 g/mol. The number of piperidine rings is 1. The van der Waals surface area contributed by atoms with E-state index in [-0.39, 0.29) is 23.6 Å². The van der Waals surface area contributed by atoms with E-state index in [1.165, 1.54) is 56.3 Å². The number of para-hydroxylation sites is 2. The number of hydrogen-bond acceptors (Lipinski definition) is 5. The van der Waals surface area contributed by atoms with Crippen LogP contribution in [0.25, 0.3) is 11.0 Å². The van der Waals surface area contributed by atoms with Crippen LogP contribution in [0.5, 0.6) is 0 Å². The normalized spacial score (nSPS) is 22.7. The number of carbonyl (C=O) groups is 1. The van der Waals surface area contributed by atoms with Crippen LogP contribution >= 0.6 is 11.3 Å². The minimum absolute atomic E-state index is 0.0146. The first kappa shape index (κ1) is 24.3.